The number of carboxylic acid groups (broad SMARTS) is 1. The normalized spacial score (nSPS) is 28.2. The highest BCUT2D eigenvalue weighted by atomic mass is 19.1. The van der Waals surface area contributed by atoms with Crippen molar-refractivity contribution in [3.63, 3.8) is 0 Å². The van der Waals surface area contributed by atoms with Crippen molar-refractivity contribution in [3.8, 4) is 0 Å². The molecule has 3 saturated heterocycles. The molecule has 4 fully saturated rings. The van der Waals surface area contributed by atoms with E-state index in [1.54, 1.807) is 12.1 Å². The molecule has 1 spiro atoms. The van der Waals surface area contributed by atoms with Crippen LogP contribution in [0.15, 0.2) is 48.5 Å². The molecule has 0 amide bonds. The van der Waals surface area contributed by atoms with Crippen LogP contribution >= 0.6 is 0 Å². The Morgan fingerprint density at radius 1 is 1.03 bits per heavy atom. The summed E-state index contributed by atoms with van der Waals surface area (Å²) < 4.78 is 33.9. The molecule has 1 saturated carbocycles. The summed E-state index contributed by atoms with van der Waals surface area (Å²) >= 11 is 0. The van der Waals surface area contributed by atoms with Gasteiger partial charge in [-0.15, -0.1) is 0 Å². The highest BCUT2D eigenvalue weighted by molar-refractivity contribution is 5.73. The highest BCUT2D eigenvalue weighted by Crippen LogP contribution is 2.42. The summed E-state index contributed by atoms with van der Waals surface area (Å²) in [5.74, 6) is 0.228. The molecule has 7 heteroatoms. The van der Waals surface area contributed by atoms with Gasteiger partial charge in [-0.25, -0.2) is 8.78 Å². The number of likely N-dealkylation sites (tertiary alicyclic amines) is 2. The first kappa shape index (κ1) is 26.9. The predicted molar refractivity (Wildman–Crippen MR) is 146 cm³/mol. The Balaban J connectivity index is 1.08. The van der Waals surface area contributed by atoms with Gasteiger partial charge in [-0.1, -0.05) is 37.1 Å². The van der Waals surface area contributed by atoms with Crippen LogP contribution in [0.2, 0.25) is 0 Å². The number of rotatable bonds is 9. The van der Waals surface area contributed by atoms with Crippen LogP contribution in [-0.4, -0.2) is 71.8 Å². The number of aliphatic carboxylic acids is 1. The van der Waals surface area contributed by atoms with Crippen LogP contribution in [0.1, 0.15) is 55.6 Å². The number of hydrogen-bond donors (Lipinski definition) is 1. The molecule has 0 aromatic heterocycles. The molecule has 2 aromatic rings. The summed E-state index contributed by atoms with van der Waals surface area (Å²) in [7, 11) is 0. The molecular weight excluding hydrogens is 498 g/mol. The zero-order valence-corrected chi connectivity index (χ0v) is 22.6. The van der Waals surface area contributed by atoms with Crippen LogP contribution in [0.4, 0.5) is 8.78 Å². The standard InChI is InChI=1S/C32H40F2N2O3/c33-27-8-6-22(7-9-27)14-24-17-32(39-21-24)10-12-35(13-11-32)18-26-19-36(30(31(37)38)15-23-4-5-23)20-29(26)25-2-1-3-28(34)16-25/h1-3,6-9,16,23-24,26,29-30H,4-5,10-15,17-21H2,(H,37,38)/t24?,26?,29?,30-/m1/s1. The molecule has 2 aromatic carbocycles. The van der Waals surface area contributed by atoms with Crippen molar-refractivity contribution in [1.82, 2.24) is 9.80 Å². The van der Waals surface area contributed by atoms with Gasteiger partial charge in [0.15, 0.2) is 0 Å². The molecule has 39 heavy (non-hydrogen) atoms. The van der Waals surface area contributed by atoms with Gasteiger partial charge in [0.25, 0.3) is 0 Å². The maximum Gasteiger partial charge on any atom is 0.320 e. The van der Waals surface area contributed by atoms with E-state index >= 15 is 0 Å². The lowest BCUT2D eigenvalue weighted by Gasteiger charge is -2.40. The number of ether oxygens (including phenoxy) is 1. The molecule has 4 aliphatic rings. The van der Waals surface area contributed by atoms with Crippen molar-refractivity contribution in [2.24, 2.45) is 17.8 Å². The molecule has 3 aliphatic heterocycles. The second-order valence-corrected chi connectivity index (χ2v) is 12.6. The molecule has 1 aliphatic carbocycles. The van der Waals surface area contributed by atoms with E-state index in [9.17, 15) is 18.7 Å². The van der Waals surface area contributed by atoms with E-state index in [0.717, 1.165) is 88.9 Å². The van der Waals surface area contributed by atoms with Crippen LogP contribution in [-0.2, 0) is 16.0 Å². The zero-order chi connectivity index (χ0) is 27.0. The number of carboxylic acids is 1. The van der Waals surface area contributed by atoms with Gasteiger partial charge < -0.3 is 14.7 Å². The van der Waals surface area contributed by atoms with E-state index in [4.69, 9.17) is 4.74 Å². The fourth-order valence-electron chi connectivity index (χ4n) is 7.38. The third-order valence-corrected chi connectivity index (χ3v) is 9.71. The Bertz CT molecular complexity index is 1150. The molecule has 0 bridgehead atoms. The van der Waals surface area contributed by atoms with E-state index in [1.807, 2.05) is 18.2 Å². The van der Waals surface area contributed by atoms with Gasteiger partial charge in [0.05, 0.1) is 12.2 Å². The van der Waals surface area contributed by atoms with Gasteiger partial charge >= 0.3 is 5.97 Å². The van der Waals surface area contributed by atoms with Gasteiger partial charge in [0, 0.05) is 38.6 Å². The van der Waals surface area contributed by atoms with Crippen molar-refractivity contribution in [2.45, 2.75) is 62.5 Å². The first-order valence-electron chi connectivity index (χ1n) is 14.7. The smallest absolute Gasteiger partial charge is 0.320 e. The summed E-state index contributed by atoms with van der Waals surface area (Å²) in [5.41, 5.74) is 2.08. The number of hydrogen-bond acceptors (Lipinski definition) is 4. The molecule has 4 atom stereocenters. The van der Waals surface area contributed by atoms with E-state index in [1.165, 1.54) is 18.2 Å². The van der Waals surface area contributed by atoms with Crippen molar-refractivity contribution in [3.05, 3.63) is 71.3 Å². The maximum absolute atomic E-state index is 14.2. The molecule has 1 N–H and O–H groups in total. The van der Waals surface area contributed by atoms with Gasteiger partial charge in [0.1, 0.15) is 17.7 Å². The fraction of sp³-hybridized carbons (Fsp3) is 0.594. The lowest BCUT2D eigenvalue weighted by molar-refractivity contribution is -0.143. The van der Waals surface area contributed by atoms with Crippen LogP contribution < -0.4 is 0 Å². The zero-order valence-electron chi connectivity index (χ0n) is 22.6. The minimum atomic E-state index is -0.728. The molecule has 210 valence electrons. The maximum atomic E-state index is 14.2. The second-order valence-electron chi connectivity index (χ2n) is 12.6. The van der Waals surface area contributed by atoms with Gasteiger partial charge in [-0.2, -0.15) is 0 Å². The second kappa shape index (κ2) is 11.3. The Kier molecular flexibility index (Phi) is 7.75. The Labute approximate surface area is 230 Å². The van der Waals surface area contributed by atoms with E-state index in [-0.39, 0.29) is 29.1 Å². The Morgan fingerprint density at radius 2 is 1.79 bits per heavy atom. The average Bonchev–Trinajstić information content (AvgIpc) is 3.53. The minimum absolute atomic E-state index is 0.0659. The number of benzene rings is 2. The lowest BCUT2D eigenvalue weighted by atomic mass is 9.82. The minimum Gasteiger partial charge on any atom is -0.480 e. The largest absolute Gasteiger partial charge is 0.480 e. The molecule has 6 rings (SSSR count). The quantitative estimate of drug-likeness (QED) is 0.467. The molecular formula is C32H40F2N2O3. The van der Waals surface area contributed by atoms with Gasteiger partial charge in [0.2, 0.25) is 0 Å². The van der Waals surface area contributed by atoms with E-state index < -0.39 is 12.0 Å². The van der Waals surface area contributed by atoms with Crippen LogP contribution in [0.3, 0.4) is 0 Å². The lowest BCUT2D eigenvalue weighted by Crippen LogP contribution is -2.46. The van der Waals surface area contributed by atoms with Gasteiger partial charge in [-0.05, 0) is 85.3 Å². The predicted octanol–water partition coefficient (Wildman–Crippen LogP) is 5.35. The summed E-state index contributed by atoms with van der Waals surface area (Å²) in [6, 6.07) is 13.3. The average molecular weight is 539 g/mol. The third kappa shape index (κ3) is 6.36. The molecule has 3 heterocycles. The summed E-state index contributed by atoms with van der Waals surface area (Å²) in [5, 5.41) is 10.0. The highest BCUT2D eigenvalue weighted by Gasteiger charge is 2.45. The first-order chi connectivity index (χ1) is 18.9. The Hall–Kier alpha value is -2.35. The summed E-state index contributed by atoms with van der Waals surface area (Å²) in [4.78, 5) is 16.9. The Morgan fingerprint density at radius 3 is 2.49 bits per heavy atom. The topological polar surface area (TPSA) is 53.0 Å². The summed E-state index contributed by atoms with van der Waals surface area (Å²) in [6.45, 7) is 4.98. The third-order valence-electron chi connectivity index (χ3n) is 9.71. The van der Waals surface area contributed by atoms with Crippen molar-refractivity contribution in [1.29, 1.82) is 0 Å². The van der Waals surface area contributed by atoms with E-state index in [0.29, 0.717) is 18.4 Å². The fourth-order valence-corrected chi connectivity index (χ4v) is 7.38. The number of carbonyl (C=O) groups is 1. The van der Waals surface area contributed by atoms with Crippen molar-refractivity contribution < 1.29 is 23.4 Å². The van der Waals surface area contributed by atoms with Crippen molar-refractivity contribution in [2.75, 3.05) is 39.3 Å². The number of nitrogens with zero attached hydrogens (tertiary/aromatic N) is 2. The van der Waals surface area contributed by atoms with Crippen molar-refractivity contribution >= 4 is 5.97 Å². The molecule has 3 unspecified atom stereocenters. The number of piperidine rings is 1. The number of halogens is 2. The summed E-state index contributed by atoms with van der Waals surface area (Å²) in [6.07, 6.45) is 6.95. The van der Waals surface area contributed by atoms with Crippen LogP contribution in [0.25, 0.3) is 0 Å². The molecule has 5 nitrogen and oxygen atoms in total. The van der Waals surface area contributed by atoms with E-state index in [2.05, 4.69) is 9.80 Å². The van der Waals surface area contributed by atoms with Crippen LogP contribution in [0, 0.1) is 29.4 Å². The van der Waals surface area contributed by atoms with Gasteiger partial charge in [-0.3, -0.25) is 9.69 Å². The van der Waals surface area contributed by atoms with Crippen LogP contribution in [0.5, 0.6) is 0 Å². The monoisotopic (exact) mass is 538 g/mol. The molecule has 0 radical (unpaired) electrons. The first-order valence-corrected chi connectivity index (χ1v) is 14.7. The SMILES string of the molecule is O=C(O)[C@@H](CC1CC1)N1CC(CN2CCC3(CC2)CC(Cc2ccc(F)cc2)CO3)C(c2cccc(F)c2)C1.